The van der Waals surface area contributed by atoms with Crippen LogP contribution in [0.2, 0.25) is 0 Å². The van der Waals surface area contributed by atoms with Crippen LogP contribution in [0.1, 0.15) is 68.7 Å². The van der Waals surface area contributed by atoms with E-state index in [1.54, 1.807) is 28.4 Å². The Morgan fingerprint density at radius 1 is 1.16 bits per heavy atom. The number of hydrogen-bond acceptors (Lipinski definition) is 8. The van der Waals surface area contributed by atoms with E-state index in [2.05, 4.69) is 15.2 Å². The first-order valence-electron chi connectivity index (χ1n) is 12.1. The Labute approximate surface area is 218 Å². The summed E-state index contributed by atoms with van der Waals surface area (Å²) in [5.74, 6) is -0.447. The van der Waals surface area contributed by atoms with E-state index in [9.17, 15) is 9.59 Å². The van der Waals surface area contributed by atoms with Crippen LogP contribution in [0.4, 0.5) is 0 Å². The van der Waals surface area contributed by atoms with Gasteiger partial charge in [-0.15, -0.1) is 21.5 Å². The molecule has 0 radical (unpaired) electrons. The molecule has 1 saturated heterocycles. The molecule has 0 spiro atoms. The highest BCUT2D eigenvalue weighted by atomic mass is 32.1. The topological polar surface area (TPSA) is 141 Å². The summed E-state index contributed by atoms with van der Waals surface area (Å²) in [5.41, 5.74) is 14.1. The lowest BCUT2D eigenvalue weighted by atomic mass is 9.94. The first-order valence-corrected chi connectivity index (χ1v) is 12.9. The zero-order chi connectivity index (χ0) is 26.2. The smallest absolute Gasteiger partial charge is 0.254 e. The second-order valence-corrected chi connectivity index (χ2v) is 10.5. The van der Waals surface area contributed by atoms with Gasteiger partial charge < -0.3 is 20.8 Å². The van der Waals surface area contributed by atoms with Crippen LogP contribution < -0.4 is 11.5 Å². The van der Waals surface area contributed by atoms with Crippen molar-refractivity contribution in [3.63, 3.8) is 0 Å². The number of hydrogen-bond donors (Lipinski definition) is 2. The molecule has 0 bridgehead atoms. The molecule has 1 aliphatic rings. The van der Waals surface area contributed by atoms with Crippen molar-refractivity contribution in [2.45, 2.75) is 44.7 Å². The number of primary amides is 1. The number of aromatic nitrogens is 3. The fraction of sp³-hybridized carbons (Fsp3) is 0.296. The predicted molar refractivity (Wildman–Crippen MR) is 140 cm³/mol. The zero-order valence-corrected chi connectivity index (χ0v) is 21.5. The van der Waals surface area contributed by atoms with E-state index in [-0.39, 0.29) is 29.3 Å². The SMILES string of the molecule is Cc1csc(C2CCCN2C(=O)c2cc(C(N)=O)cc(-c3nnc(C(C)(N)Cc4ccccc4)o3)c2)n1. The minimum atomic E-state index is -0.916. The first-order chi connectivity index (χ1) is 17.7. The maximum absolute atomic E-state index is 13.6. The van der Waals surface area contributed by atoms with E-state index in [4.69, 9.17) is 15.9 Å². The van der Waals surface area contributed by atoms with Crippen LogP contribution in [0.3, 0.4) is 0 Å². The monoisotopic (exact) mass is 516 g/mol. The van der Waals surface area contributed by atoms with Gasteiger partial charge in [-0.3, -0.25) is 9.59 Å². The van der Waals surface area contributed by atoms with Gasteiger partial charge in [0.15, 0.2) is 0 Å². The van der Waals surface area contributed by atoms with E-state index in [0.29, 0.717) is 24.1 Å². The summed E-state index contributed by atoms with van der Waals surface area (Å²) in [4.78, 5) is 32.2. The third kappa shape index (κ3) is 5.16. The van der Waals surface area contributed by atoms with Gasteiger partial charge in [0.1, 0.15) is 5.01 Å². The molecular formula is C27H28N6O3S. The van der Waals surface area contributed by atoms with Crippen LogP contribution in [-0.2, 0) is 12.0 Å². The molecule has 2 atom stereocenters. The highest BCUT2D eigenvalue weighted by Gasteiger charge is 2.33. The van der Waals surface area contributed by atoms with Crippen LogP contribution in [0.15, 0.2) is 58.3 Å². The molecule has 3 heterocycles. The molecule has 0 saturated carbocycles. The molecule has 5 rings (SSSR count). The van der Waals surface area contributed by atoms with Crippen molar-refractivity contribution < 1.29 is 14.0 Å². The Morgan fingerprint density at radius 3 is 2.62 bits per heavy atom. The molecule has 2 aromatic carbocycles. The van der Waals surface area contributed by atoms with Gasteiger partial charge in [-0.1, -0.05) is 30.3 Å². The molecular weight excluding hydrogens is 488 g/mol. The van der Waals surface area contributed by atoms with E-state index < -0.39 is 11.4 Å². The van der Waals surface area contributed by atoms with E-state index in [1.807, 2.05) is 49.6 Å². The number of thiazole rings is 1. The number of nitrogens with two attached hydrogens (primary N) is 2. The lowest BCUT2D eigenvalue weighted by Gasteiger charge is -2.23. The van der Waals surface area contributed by atoms with Gasteiger partial charge in [0.25, 0.3) is 5.91 Å². The standard InChI is InChI=1S/C27H28N6O3S/c1-16-15-37-24(30-16)21-9-6-10-33(21)25(35)20-12-18(22(28)34)11-19(13-20)23-31-32-26(36-23)27(2,29)14-17-7-4-3-5-8-17/h3-5,7-8,11-13,15,21H,6,9-10,14,29H2,1-2H3,(H2,28,34). The van der Waals surface area contributed by atoms with Crippen LogP contribution in [-0.4, -0.2) is 38.4 Å². The average Bonchev–Trinajstić information content (AvgIpc) is 3.64. The fourth-order valence-electron chi connectivity index (χ4n) is 4.64. The van der Waals surface area contributed by atoms with Crippen LogP contribution >= 0.6 is 11.3 Å². The lowest BCUT2D eigenvalue weighted by molar-refractivity contribution is 0.0735. The first kappa shape index (κ1) is 24.8. The maximum atomic E-state index is 13.6. The second kappa shape index (κ2) is 9.87. The summed E-state index contributed by atoms with van der Waals surface area (Å²) in [6, 6.07) is 14.4. The Morgan fingerprint density at radius 2 is 1.92 bits per heavy atom. The molecule has 0 aliphatic carbocycles. The minimum Gasteiger partial charge on any atom is -0.419 e. The number of carbonyl (C=O) groups is 2. The quantitative estimate of drug-likeness (QED) is 0.378. The molecule has 2 aromatic heterocycles. The summed E-state index contributed by atoms with van der Waals surface area (Å²) >= 11 is 1.55. The maximum Gasteiger partial charge on any atom is 0.254 e. The molecule has 10 heteroatoms. The van der Waals surface area contributed by atoms with Crippen molar-refractivity contribution in [2.75, 3.05) is 6.54 Å². The number of amides is 2. The summed E-state index contributed by atoms with van der Waals surface area (Å²) < 4.78 is 5.96. The number of rotatable bonds is 7. The van der Waals surface area contributed by atoms with Gasteiger partial charge in [0.05, 0.1) is 11.6 Å². The zero-order valence-electron chi connectivity index (χ0n) is 20.7. The molecule has 4 aromatic rings. The normalized spacial score (nSPS) is 17.1. The predicted octanol–water partition coefficient (Wildman–Crippen LogP) is 3.99. The third-order valence-electron chi connectivity index (χ3n) is 6.47. The minimum absolute atomic E-state index is 0.0992. The summed E-state index contributed by atoms with van der Waals surface area (Å²) in [6.07, 6.45) is 2.21. The average molecular weight is 517 g/mol. The van der Waals surface area contributed by atoms with Crippen molar-refractivity contribution in [3.05, 3.63) is 87.2 Å². The number of benzene rings is 2. The largest absolute Gasteiger partial charge is 0.419 e. The molecule has 1 fully saturated rings. The van der Waals surface area contributed by atoms with Crippen molar-refractivity contribution in [3.8, 4) is 11.5 Å². The number of aryl methyl sites for hydroxylation is 1. The van der Waals surface area contributed by atoms with E-state index in [0.717, 1.165) is 29.1 Å². The van der Waals surface area contributed by atoms with Crippen molar-refractivity contribution in [1.29, 1.82) is 0 Å². The number of likely N-dealkylation sites (tertiary alicyclic amines) is 1. The van der Waals surface area contributed by atoms with Crippen molar-refractivity contribution in [1.82, 2.24) is 20.1 Å². The Balaban J connectivity index is 1.46. The summed E-state index contributed by atoms with van der Waals surface area (Å²) in [5, 5.41) is 11.3. The molecule has 2 unspecified atom stereocenters. The third-order valence-corrected chi connectivity index (χ3v) is 7.54. The van der Waals surface area contributed by atoms with Crippen molar-refractivity contribution in [2.24, 2.45) is 11.5 Å². The summed E-state index contributed by atoms with van der Waals surface area (Å²) in [6.45, 7) is 4.36. The van der Waals surface area contributed by atoms with Crippen LogP contribution in [0, 0.1) is 6.92 Å². The molecule has 2 amide bonds. The van der Waals surface area contributed by atoms with Gasteiger partial charge in [0, 0.05) is 34.3 Å². The van der Waals surface area contributed by atoms with E-state index >= 15 is 0 Å². The van der Waals surface area contributed by atoms with Crippen molar-refractivity contribution >= 4 is 23.2 Å². The fourth-order valence-corrected chi connectivity index (χ4v) is 5.58. The lowest BCUT2D eigenvalue weighted by Crippen LogP contribution is -2.35. The Hall–Kier alpha value is -3.89. The van der Waals surface area contributed by atoms with E-state index in [1.165, 1.54) is 6.07 Å². The van der Waals surface area contributed by atoms with Gasteiger partial charge in [0.2, 0.25) is 17.7 Å². The number of nitrogens with zero attached hydrogens (tertiary/aromatic N) is 4. The van der Waals surface area contributed by atoms with Gasteiger partial charge in [-0.05, 0) is 56.9 Å². The highest BCUT2D eigenvalue weighted by Crippen LogP contribution is 2.35. The van der Waals surface area contributed by atoms with Crippen LogP contribution in [0.25, 0.3) is 11.5 Å². The van der Waals surface area contributed by atoms with Gasteiger partial charge >= 0.3 is 0 Å². The molecule has 4 N–H and O–H groups in total. The molecule has 190 valence electrons. The Bertz CT molecular complexity index is 1450. The second-order valence-electron chi connectivity index (χ2n) is 9.64. The number of carbonyl (C=O) groups excluding carboxylic acids is 2. The molecule has 37 heavy (non-hydrogen) atoms. The Kier molecular flexibility index (Phi) is 6.61. The molecule has 9 nitrogen and oxygen atoms in total. The highest BCUT2D eigenvalue weighted by molar-refractivity contribution is 7.09. The summed E-state index contributed by atoms with van der Waals surface area (Å²) in [7, 11) is 0. The molecule has 1 aliphatic heterocycles. The van der Waals surface area contributed by atoms with Crippen LogP contribution in [0.5, 0.6) is 0 Å². The van der Waals surface area contributed by atoms with Gasteiger partial charge in [-0.2, -0.15) is 0 Å². The van der Waals surface area contributed by atoms with Gasteiger partial charge in [-0.25, -0.2) is 4.98 Å².